The number of benzene rings is 1. The van der Waals surface area contributed by atoms with Crippen molar-refractivity contribution in [3.63, 3.8) is 0 Å². The highest BCUT2D eigenvalue weighted by atomic mass is 16.4. The number of amides is 1. The molecule has 2 N–H and O–H groups in total. The number of rotatable bonds is 5. The van der Waals surface area contributed by atoms with Crippen LogP contribution < -0.4 is 5.32 Å². The first-order valence-electron chi connectivity index (χ1n) is 8.01. The van der Waals surface area contributed by atoms with Gasteiger partial charge >= 0.3 is 5.97 Å². The number of nitrogens with one attached hydrogen (secondary N) is 1. The summed E-state index contributed by atoms with van der Waals surface area (Å²) in [6, 6.07) is 6.72. The van der Waals surface area contributed by atoms with E-state index in [0.29, 0.717) is 12.8 Å². The summed E-state index contributed by atoms with van der Waals surface area (Å²) in [5.41, 5.74) is 1.20. The molecule has 0 heterocycles. The van der Waals surface area contributed by atoms with Crippen molar-refractivity contribution < 1.29 is 14.7 Å². The second kappa shape index (κ2) is 6.95. The average molecular weight is 303 g/mol. The van der Waals surface area contributed by atoms with Gasteiger partial charge in [-0.2, -0.15) is 0 Å². The third-order valence-corrected chi connectivity index (χ3v) is 4.66. The van der Waals surface area contributed by atoms with E-state index in [1.165, 1.54) is 12.8 Å². The summed E-state index contributed by atoms with van der Waals surface area (Å²) in [5.74, 6) is -0.0826. The number of hydrogen-bond acceptors (Lipinski definition) is 2. The molecule has 1 aromatic carbocycles. The summed E-state index contributed by atoms with van der Waals surface area (Å²) in [6.07, 6.45) is 5.52. The summed E-state index contributed by atoms with van der Waals surface area (Å²) < 4.78 is 0. The van der Waals surface area contributed by atoms with Crippen LogP contribution in [0.4, 0.5) is 0 Å². The van der Waals surface area contributed by atoms with Crippen LogP contribution in [0, 0.1) is 5.92 Å². The zero-order valence-corrected chi connectivity index (χ0v) is 13.4. The van der Waals surface area contributed by atoms with Crippen molar-refractivity contribution in [2.45, 2.75) is 57.9 Å². The Hall–Kier alpha value is -1.84. The van der Waals surface area contributed by atoms with Crippen molar-refractivity contribution in [3.8, 4) is 0 Å². The molecule has 2 rings (SSSR count). The third kappa shape index (κ3) is 4.58. The third-order valence-electron chi connectivity index (χ3n) is 4.66. The van der Waals surface area contributed by atoms with Crippen LogP contribution in [0.1, 0.15) is 61.9 Å². The van der Waals surface area contributed by atoms with Crippen LogP contribution in [0.15, 0.2) is 24.3 Å². The Labute approximate surface area is 131 Å². The van der Waals surface area contributed by atoms with Crippen molar-refractivity contribution in [1.82, 2.24) is 5.32 Å². The highest BCUT2D eigenvalue weighted by Gasteiger charge is 2.30. The van der Waals surface area contributed by atoms with Crippen molar-refractivity contribution in [3.05, 3.63) is 35.4 Å². The smallest absolute Gasteiger partial charge is 0.335 e. The molecule has 0 bridgehead atoms. The van der Waals surface area contributed by atoms with E-state index in [0.717, 1.165) is 24.3 Å². The average Bonchev–Trinajstić information content (AvgIpc) is 2.49. The van der Waals surface area contributed by atoms with E-state index in [1.807, 2.05) is 0 Å². The van der Waals surface area contributed by atoms with Crippen molar-refractivity contribution >= 4 is 11.9 Å². The number of carboxylic acid groups (broad SMARTS) is 1. The van der Waals surface area contributed by atoms with Gasteiger partial charge in [0.05, 0.1) is 5.56 Å². The molecule has 120 valence electrons. The Morgan fingerprint density at radius 1 is 1.23 bits per heavy atom. The molecule has 0 saturated heterocycles. The van der Waals surface area contributed by atoms with Gasteiger partial charge in [0.2, 0.25) is 5.91 Å². The van der Waals surface area contributed by atoms with Crippen LogP contribution in [0.5, 0.6) is 0 Å². The molecule has 4 nitrogen and oxygen atoms in total. The minimum Gasteiger partial charge on any atom is -0.478 e. The molecule has 1 amide bonds. The number of hydrogen-bond donors (Lipinski definition) is 2. The van der Waals surface area contributed by atoms with Gasteiger partial charge in [0.15, 0.2) is 0 Å². The van der Waals surface area contributed by atoms with E-state index in [9.17, 15) is 9.59 Å². The Bertz CT molecular complexity index is 528. The maximum Gasteiger partial charge on any atom is 0.335 e. The van der Waals surface area contributed by atoms with Gasteiger partial charge in [-0.1, -0.05) is 19.1 Å². The molecule has 0 unspecified atom stereocenters. The minimum absolute atomic E-state index is 0.0588. The quantitative estimate of drug-likeness (QED) is 0.876. The number of aromatic carboxylic acids is 1. The second-order valence-electron chi connectivity index (χ2n) is 6.79. The van der Waals surface area contributed by atoms with Gasteiger partial charge in [0, 0.05) is 12.0 Å². The van der Waals surface area contributed by atoms with Gasteiger partial charge in [-0.3, -0.25) is 4.79 Å². The van der Waals surface area contributed by atoms with Gasteiger partial charge in [0.1, 0.15) is 0 Å². The number of carbonyl (C=O) groups is 2. The summed E-state index contributed by atoms with van der Waals surface area (Å²) in [4.78, 5) is 22.9. The maximum atomic E-state index is 12.1. The highest BCUT2D eigenvalue weighted by molar-refractivity contribution is 5.87. The molecule has 1 saturated carbocycles. The van der Waals surface area contributed by atoms with Crippen LogP contribution in [-0.4, -0.2) is 22.5 Å². The minimum atomic E-state index is -0.927. The molecular formula is C18H25NO3. The van der Waals surface area contributed by atoms with E-state index in [2.05, 4.69) is 19.2 Å². The molecule has 4 heteroatoms. The fraction of sp³-hybridized carbons (Fsp3) is 0.556. The normalized spacial score (nSPS) is 24.7. The lowest BCUT2D eigenvalue weighted by Gasteiger charge is -2.37. The van der Waals surface area contributed by atoms with Gasteiger partial charge in [0.25, 0.3) is 0 Å². The number of carbonyl (C=O) groups excluding carboxylic acids is 1. The lowest BCUT2D eigenvalue weighted by atomic mass is 9.78. The molecule has 1 aliphatic carbocycles. The summed E-state index contributed by atoms with van der Waals surface area (Å²) in [6.45, 7) is 4.40. The Morgan fingerprint density at radius 3 is 2.36 bits per heavy atom. The predicted molar refractivity (Wildman–Crippen MR) is 85.9 cm³/mol. The van der Waals surface area contributed by atoms with Gasteiger partial charge in [-0.15, -0.1) is 0 Å². The monoisotopic (exact) mass is 303 g/mol. The molecule has 1 fully saturated rings. The van der Waals surface area contributed by atoms with E-state index in [-0.39, 0.29) is 17.0 Å². The molecule has 22 heavy (non-hydrogen) atoms. The molecule has 0 aliphatic heterocycles. The topological polar surface area (TPSA) is 66.4 Å². The summed E-state index contributed by atoms with van der Waals surface area (Å²) in [5, 5.41) is 12.0. The Kier molecular flexibility index (Phi) is 5.22. The van der Waals surface area contributed by atoms with Crippen LogP contribution in [-0.2, 0) is 11.2 Å². The first kappa shape index (κ1) is 16.5. The zero-order valence-electron chi connectivity index (χ0n) is 13.4. The van der Waals surface area contributed by atoms with Crippen LogP contribution in [0.25, 0.3) is 0 Å². The van der Waals surface area contributed by atoms with Gasteiger partial charge in [-0.25, -0.2) is 4.79 Å². The van der Waals surface area contributed by atoms with Crippen molar-refractivity contribution in [2.75, 3.05) is 0 Å². The van der Waals surface area contributed by atoms with Crippen LogP contribution in [0.2, 0.25) is 0 Å². The molecule has 0 radical (unpaired) electrons. The van der Waals surface area contributed by atoms with E-state index in [4.69, 9.17) is 5.11 Å². The van der Waals surface area contributed by atoms with Crippen LogP contribution >= 0.6 is 0 Å². The van der Waals surface area contributed by atoms with Crippen molar-refractivity contribution in [2.24, 2.45) is 5.92 Å². The summed E-state index contributed by atoms with van der Waals surface area (Å²) >= 11 is 0. The highest BCUT2D eigenvalue weighted by Crippen LogP contribution is 2.31. The standard InChI is InChI=1S/C18H25NO3/c1-13-9-11-18(2,12-10-13)19-16(20)8-5-14-3-6-15(7-4-14)17(21)22/h3-4,6-7,13H,5,8-12H2,1-2H3,(H,19,20)(H,21,22). The lowest BCUT2D eigenvalue weighted by Crippen LogP contribution is -2.48. The van der Waals surface area contributed by atoms with E-state index < -0.39 is 5.97 Å². The van der Waals surface area contributed by atoms with E-state index in [1.54, 1.807) is 24.3 Å². The van der Waals surface area contributed by atoms with Crippen LogP contribution in [0.3, 0.4) is 0 Å². The largest absolute Gasteiger partial charge is 0.478 e. The van der Waals surface area contributed by atoms with E-state index >= 15 is 0 Å². The zero-order chi connectivity index (χ0) is 16.2. The van der Waals surface area contributed by atoms with Crippen molar-refractivity contribution in [1.29, 1.82) is 0 Å². The molecule has 1 aliphatic rings. The Morgan fingerprint density at radius 2 is 1.82 bits per heavy atom. The lowest BCUT2D eigenvalue weighted by molar-refractivity contribution is -0.123. The fourth-order valence-corrected chi connectivity index (χ4v) is 3.00. The second-order valence-corrected chi connectivity index (χ2v) is 6.79. The number of carboxylic acids is 1. The first-order valence-corrected chi connectivity index (χ1v) is 8.01. The molecule has 0 aromatic heterocycles. The van der Waals surface area contributed by atoms with Gasteiger partial charge in [-0.05, 0) is 62.6 Å². The Balaban J connectivity index is 1.81. The molecular weight excluding hydrogens is 278 g/mol. The molecule has 0 atom stereocenters. The predicted octanol–water partition coefficient (Wildman–Crippen LogP) is 3.40. The first-order chi connectivity index (χ1) is 10.4. The van der Waals surface area contributed by atoms with Gasteiger partial charge < -0.3 is 10.4 Å². The SMILES string of the molecule is CC1CCC(C)(NC(=O)CCc2ccc(C(=O)O)cc2)CC1. The number of aryl methyl sites for hydroxylation is 1. The fourth-order valence-electron chi connectivity index (χ4n) is 3.00. The summed E-state index contributed by atoms with van der Waals surface area (Å²) in [7, 11) is 0. The maximum absolute atomic E-state index is 12.1. The molecule has 0 spiro atoms. The molecule has 1 aromatic rings.